The number of aliphatic imine (C=N–C) groups is 1. The second-order valence-corrected chi connectivity index (χ2v) is 5.43. The van der Waals surface area contributed by atoms with Crippen LogP contribution in [-0.4, -0.2) is 28.6 Å². The summed E-state index contributed by atoms with van der Waals surface area (Å²) in [4.78, 5) is 14.4. The van der Waals surface area contributed by atoms with Gasteiger partial charge in [0, 0.05) is 18.3 Å². The maximum Gasteiger partial charge on any atom is 0.269 e. The Morgan fingerprint density at radius 2 is 1.88 bits per heavy atom. The first kappa shape index (κ1) is 18.5. The van der Waals surface area contributed by atoms with Crippen LogP contribution >= 0.6 is 0 Å². The summed E-state index contributed by atoms with van der Waals surface area (Å²) in [5.74, 6) is 0. The summed E-state index contributed by atoms with van der Waals surface area (Å²) in [6.45, 7) is 1.80. The fourth-order valence-electron chi connectivity index (χ4n) is 2.06. The summed E-state index contributed by atoms with van der Waals surface area (Å²) in [6.07, 6.45) is 3.77. The summed E-state index contributed by atoms with van der Waals surface area (Å²) in [5, 5.41) is 20.4. The molecule has 2 atom stereocenters. The molecule has 130 valence electrons. The quantitative estimate of drug-likeness (QED) is 0.452. The minimum absolute atomic E-state index is 0.0277. The zero-order valence-electron chi connectivity index (χ0n) is 13.9. The fourth-order valence-corrected chi connectivity index (χ4v) is 2.06. The highest BCUT2D eigenvalue weighted by Gasteiger charge is 2.13. The minimum Gasteiger partial charge on any atom is -0.389 e. The van der Waals surface area contributed by atoms with Gasteiger partial charge in [-0.3, -0.25) is 15.1 Å². The molecule has 25 heavy (non-hydrogen) atoms. The van der Waals surface area contributed by atoms with E-state index in [1.54, 1.807) is 31.3 Å². The van der Waals surface area contributed by atoms with E-state index in [9.17, 15) is 15.2 Å². The van der Waals surface area contributed by atoms with Crippen LogP contribution in [0.5, 0.6) is 0 Å². The number of benzene rings is 2. The molecule has 0 aromatic heterocycles. The molecule has 6 nitrogen and oxygen atoms in total. The Hall–Kier alpha value is -2.83. The molecule has 0 aliphatic rings. The Labute approximate surface area is 146 Å². The first-order chi connectivity index (χ1) is 12.1. The number of nitro benzene ring substituents is 1. The van der Waals surface area contributed by atoms with Gasteiger partial charge >= 0.3 is 0 Å². The van der Waals surface area contributed by atoms with E-state index in [-0.39, 0.29) is 12.3 Å². The van der Waals surface area contributed by atoms with E-state index < -0.39 is 17.3 Å². The van der Waals surface area contributed by atoms with Gasteiger partial charge in [0.15, 0.2) is 6.23 Å². The highest BCUT2D eigenvalue weighted by molar-refractivity contribution is 5.78. The van der Waals surface area contributed by atoms with Crippen molar-refractivity contribution in [3.63, 3.8) is 0 Å². The zero-order chi connectivity index (χ0) is 18.1. The number of ether oxygens (including phenoxy) is 1. The molecular formula is C19H20N2O4. The van der Waals surface area contributed by atoms with Gasteiger partial charge in [0.2, 0.25) is 0 Å². The highest BCUT2D eigenvalue weighted by Crippen LogP contribution is 2.14. The number of aliphatic hydroxyl groups excluding tert-OH is 1. The molecule has 2 rings (SSSR count). The average molecular weight is 340 g/mol. The Kier molecular flexibility index (Phi) is 7.00. The van der Waals surface area contributed by atoms with Crippen molar-refractivity contribution in [3.8, 4) is 0 Å². The van der Waals surface area contributed by atoms with Crippen LogP contribution in [0.4, 0.5) is 5.69 Å². The first-order valence-corrected chi connectivity index (χ1v) is 7.84. The molecular weight excluding hydrogens is 320 g/mol. The van der Waals surface area contributed by atoms with Crippen molar-refractivity contribution in [2.75, 3.05) is 0 Å². The van der Waals surface area contributed by atoms with Crippen molar-refractivity contribution in [2.45, 2.75) is 25.9 Å². The second kappa shape index (κ2) is 9.46. The SMILES string of the molecule is CC(O)C(N=C/C=C/c1ccccc1)OCc1ccc([N+](=O)[O-])cc1. The summed E-state index contributed by atoms with van der Waals surface area (Å²) < 4.78 is 5.59. The zero-order valence-corrected chi connectivity index (χ0v) is 13.9. The molecule has 0 saturated heterocycles. The second-order valence-electron chi connectivity index (χ2n) is 5.43. The Balaban J connectivity index is 1.90. The van der Waals surface area contributed by atoms with E-state index in [0.29, 0.717) is 0 Å². The molecule has 6 heteroatoms. The van der Waals surface area contributed by atoms with Gasteiger partial charge in [0.25, 0.3) is 5.69 Å². The van der Waals surface area contributed by atoms with Crippen LogP contribution in [0.1, 0.15) is 18.1 Å². The van der Waals surface area contributed by atoms with Gasteiger partial charge in [-0.25, -0.2) is 0 Å². The van der Waals surface area contributed by atoms with Crippen LogP contribution in [0.2, 0.25) is 0 Å². The van der Waals surface area contributed by atoms with Crippen molar-refractivity contribution in [1.82, 2.24) is 0 Å². The number of nitro groups is 1. The molecule has 0 spiro atoms. The third-order valence-electron chi connectivity index (χ3n) is 3.39. The third kappa shape index (κ3) is 6.29. The third-order valence-corrected chi connectivity index (χ3v) is 3.39. The van der Waals surface area contributed by atoms with Gasteiger partial charge in [0.1, 0.15) is 0 Å². The lowest BCUT2D eigenvalue weighted by Gasteiger charge is -2.16. The maximum atomic E-state index is 10.6. The molecule has 0 saturated carbocycles. The standard InChI is InChI=1S/C19H20N2O4/c1-15(22)19(20-13-5-8-16-6-3-2-4-7-16)25-14-17-9-11-18(12-10-17)21(23)24/h2-13,15,19,22H,14H2,1H3/b8-5+,20-13?. The van der Waals surface area contributed by atoms with E-state index in [1.807, 2.05) is 36.4 Å². The summed E-state index contributed by atoms with van der Waals surface area (Å²) in [6, 6.07) is 15.9. The molecule has 0 fully saturated rings. The number of rotatable bonds is 8. The van der Waals surface area contributed by atoms with Crippen molar-refractivity contribution >= 4 is 18.0 Å². The predicted molar refractivity (Wildman–Crippen MR) is 97.3 cm³/mol. The lowest BCUT2D eigenvalue weighted by Crippen LogP contribution is -2.24. The molecule has 2 aromatic carbocycles. The molecule has 0 radical (unpaired) electrons. The van der Waals surface area contributed by atoms with E-state index in [4.69, 9.17) is 4.74 Å². The number of allylic oxidation sites excluding steroid dienone is 1. The van der Waals surface area contributed by atoms with Crippen molar-refractivity contribution in [3.05, 3.63) is 81.9 Å². The van der Waals surface area contributed by atoms with E-state index >= 15 is 0 Å². The van der Waals surface area contributed by atoms with Crippen molar-refractivity contribution in [2.24, 2.45) is 4.99 Å². The highest BCUT2D eigenvalue weighted by atomic mass is 16.6. The Bertz CT molecular complexity index is 725. The van der Waals surface area contributed by atoms with Crippen molar-refractivity contribution in [1.29, 1.82) is 0 Å². The predicted octanol–water partition coefficient (Wildman–Crippen LogP) is 3.60. The summed E-state index contributed by atoms with van der Waals surface area (Å²) in [5.41, 5.74) is 1.85. The number of hydrogen-bond donors (Lipinski definition) is 1. The van der Waals surface area contributed by atoms with Crippen LogP contribution in [0.3, 0.4) is 0 Å². The van der Waals surface area contributed by atoms with E-state index in [0.717, 1.165) is 11.1 Å². The van der Waals surface area contributed by atoms with E-state index in [2.05, 4.69) is 4.99 Å². The topological polar surface area (TPSA) is 85.0 Å². The molecule has 0 aliphatic carbocycles. The molecule has 0 aliphatic heterocycles. The smallest absolute Gasteiger partial charge is 0.269 e. The van der Waals surface area contributed by atoms with Gasteiger partial charge < -0.3 is 9.84 Å². The Morgan fingerprint density at radius 3 is 2.48 bits per heavy atom. The molecule has 0 amide bonds. The lowest BCUT2D eigenvalue weighted by molar-refractivity contribution is -0.384. The first-order valence-electron chi connectivity index (χ1n) is 7.84. The van der Waals surface area contributed by atoms with E-state index in [1.165, 1.54) is 12.1 Å². The number of nitrogens with zero attached hydrogens (tertiary/aromatic N) is 2. The van der Waals surface area contributed by atoms with Gasteiger partial charge in [0.05, 0.1) is 17.6 Å². The van der Waals surface area contributed by atoms with Crippen LogP contribution in [0.25, 0.3) is 6.08 Å². The monoisotopic (exact) mass is 340 g/mol. The van der Waals surface area contributed by atoms with Crippen LogP contribution in [-0.2, 0) is 11.3 Å². The van der Waals surface area contributed by atoms with Crippen molar-refractivity contribution < 1.29 is 14.8 Å². The normalized spacial score (nSPS) is 14.0. The largest absolute Gasteiger partial charge is 0.389 e. The van der Waals surface area contributed by atoms with Gasteiger partial charge in [-0.15, -0.1) is 0 Å². The van der Waals surface area contributed by atoms with Crippen LogP contribution in [0, 0.1) is 10.1 Å². The lowest BCUT2D eigenvalue weighted by atomic mass is 10.2. The maximum absolute atomic E-state index is 10.6. The van der Waals surface area contributed by atoms with Crippen LogP contribution < -0.4 is 0 Å². The molecule has 0 heterocycles. The Morgan fingerprint density at radius 1 is 1.20 bits per heavy atom. The number of aliphatic hydroxyl groups is 1. The summed E-state index contributed by atoms with van der Waals surface area (Å²) in [7, 11) is 0. The average Bonchev–Trinajstić information content (AvgIpc) is 2.62. The number of non-ortho nitro benzene ring substituents is 1. The fraction of sp³-hybridized carbons (Fsp3) is 0.211. The molecule has 2 unspecified atom stereocenters. The number of hydrogen-bond acceptors (Lipinski definition) is 5. The molecule has 0 bridgehead atoms. The molecule has 2 aromatic rings. The van der Waals surface area contributed by atoms with Gasteiger partial charge in [-0.1, -0.05) is 36.4 Å². The van der Waals surface area contributed by atoms with Gasteiger partial charge in [-0.05, 0) is 36.3 Å². The summed E-state index contributed by atoms with van der Waals surface area (Å²) >= 11 is 0. The minimum atomic E-state index is -0.778. The van der Waals surface area contributed by atoms with Gasteiger partial charge in [-0.2, -0.15) is 0 Å². The molecule has 1 N–H and O–H groups in total. The van der Waals surface area contributed by atoms with Crippen LogP contribution in [0.15, 0.2) is 65.7 Å².